The van der Waals surface area contributed by atoms with Crippen LogP contribution in [0.15, 0.2) is 6.07 Å². The van der Waals surface area contributed by atoms with Crippen LogP contribution in [0.4, 0.5) is 0 Å². The number of unbranched alkanes of at least 4 members (excludes halogenated alkanes) is 1. The van der Waals surface area contributed by atoms with Crippen LogP contribution in [-0.2, 0) is 16.0 Å². The van der Waals surface area contributed by atoms with Gasteiger partial charge in [-0.2, -0.15) is 0 Å². The van der Waals surface area contributed by atoms with E-state index in [-0.39, 0.29) is 11.4 Å². The second kappa shape index (κ2) is 8.17. The van der Waals surface area contributed by atoms with Crippen LogP contribution < -0.4 is 0 Å². The number of benzene rings is 1. The highest BCUT2D eigenvalue weighted by molar-refractivity contribution is 5.65. The fourth-order valence-corrected chi connectivity index (χ4v) is 6.89. The minimum atomic E-state index is -0.926. The SMILES string of the molecule is CC(=O)OCCCC#C[C@]1(O)CC[C@H]2[C@@H]3CCc4cc(O)c(C)c(C)c4[C@H]3CC[C@@]21C. The summed E-state index contributed by atoms with van der Waals surface area (Å²) >= 11 is 0. The second-order valence-corrected chi connectivity index (χ2v) is 10.2. The number of hydrogen-bond donors (Lipinski definition) is 2. The van der Waals surface area contributed by atoms with E-state index in [9.17, 15) is 15.0 Å². The van der Waals surface area contributed by atoms with Crippen LogP contribution in [0.3, 0.4) is 0 Å². The fraction of sp³-hybridized carbons (Fsp3) is 0.667. The first-order valence-electron chi connectivity index (χ1n) is 11.9. The zero-order chi connectivity index (χ0) is 22.4. The van der Waals surface area contributed by atoms with Crippen molar-refractivity contribution >= 4 is 5.97 Å². The lowest BCUT2D eigenvalue weighted by atomic mass is 9.53. The first-order chi connectivity index (χ1) is 14.7. The Bertz CT molecular complexity index is 939. The minimum absolute atomic E-state index is 0.172. The number of rotatable bonds is 3. The number of carbonyl (C=O) groups excluding carboxylic acids is 1. The van der Waals surface area contributed by atoms with E-state index in [1.54, 1.807) is 0 Å². The maximum absolute atomic E-state index is 11.6. The van der Waals surface area contributed by atoms with E-state index < -0.39 is 5.60 Å². The molecule has 0 radical (unpaired) electrons. The number of aromatic hydroxyl groups is 1. The Labute approximate surface area is 186 Å². The molecule has 0 bridgehead atoms. The smallest absolute Gasteiger partial charge is 0.302 e. The summed E-state index contributed by atoms with van der Waals surface area (Å²) in [6.07, 6.45) is 7.32. The molecular formula is C27H36O4. The van der Waals surface area contributed by atoms with Crippen LogP contribution in [0.25, 0.3) is 0 Å². The molecule has 4 nitrogen and oxygen atoms in total. The van der Waals surface area contributed by atoms with Crippen molar-refractivity contribution in [2.24, 2.45) is 17.3 Å². The van der Waals surface area contributed by atoms with E-state index in [2.05, 4.69) is 25.7 Å². The highest BCUT2D eigenvalue weighted by Crippen LogP contribution is 2.64. The van der Waals surface area contributed by atoms with Gasteiger partial charge in [0, 0.05) is 18.8 Å². The number of phenols is 1. The third-order valence-corrected chi connectivity index (χ3v) is 8.76. The molecule has 4 heteroatoms. The molecule has 0 aromatic heterocycles. The predicted octanol–water partition coefficient (Wildman–Crippen LogP) is 4.94. The maximum atomic E-state index is 11.6. The maximum Gasteiger partial charge on any atom is 0.302 e. The van der Waals surface area contributed by atoms with Gasteiger partial charge in [0.05, 0.1) is 6.61 Å². The molecule has 0 spiro atoms. The summed E-state index contributed by atoms with van der Waals surface area (Å²) in [7, 11) is 0. The number of aliphatic hydroxyl groups is 1. The first-order valence-corrected chi connectivity index (χ1v) is 11.9. The van der Waals surface area contributed by atoms with Gasteiger partial charge in [-0.25, -0.2) is 0 Å². The van der Waals surface area contributed by atoms with Crippen LogP contribution in [0.5, 0.6) is 5.75 Å². The van der Waals surface area contributed by atoms with Crippen LogP contribution >= 0.6 is 0 Å². The summed E-state index contributed by atoms with van der Waals surface area (Å²) in [5, 5.41) is 21.9. The summed E-state index contributed by atoms with van der Waals surface area (Å²) in [5.41, 5.74) is 3.97. The van der Waals surface area contributed by atoms with Gasteiger partial charge in [-0.3, -0.25) is 4.79 Å². The van der Waals surface area contributed by atoms with Crippen LogP contribution in [-0.4, -0.2) is 28.4 Å². The van der Waals surface area contributed by atoms with E-state index in [4.69, 9.17) is 4.74 Å². The number of aryl methyl sites for hydroxylation is 1. The van der Waals surface area contributed by atoms with E-state index in [1.165, 1.54) is 23.6 Å². The van der Waals surface area contributed by atoms with Gasteiger partial charge >= 0.3 is 5.97 Å². The number of ether oxygens (including phenoxy) is 1. The van der Waals surface area contributed by atoms with Crippen molar-refractivity contribution < 1.29 is 19.7 Å². The number of esters is 1. The Morgan fingerprint density at radius 2 is 2.00 bits per heavy atom. The third-order valence-electron chi connectivity index (χ3n) is 8.76. The van der Waals surface area contributed by atoms with Crippen molar-refractivity contribution in [1.82, 2.24) is 0 Å². The van der Waals surface area contributed by atoms with Crippen LogP contribution in [0.1, 0.15) is 87.0 Å². The molecule has 3 aliphatic carbocycles. The second-order valence-electron chi connectivity index (χ2n) is 10.2. The topological polar surface area (TPSA) is 66.8 Å². The van der Waals surface area contributed by atoms with Crippen molar-refractivity contribution in [3.05, 3.63) is 28.3 Å². The van der Waals surface area contributed by atoms with Gasteiger partial charge in [-0.1, -0.05) is 12.8 Å². The largest absolute Gasteiger partial charge is 0.508 e. The van der Waals surface area contributed by atoms with Gasteiger partial charge in [-0.15, -0.1) is 5.92 Å². The number of fused-ring (bicyclic) bond motifs is 5. The lowest BCUT2D eigenvalue weighted by Gasteiger charge is -2.52. The fourth-order valence-electron chi connectivity index (χ4n) is 6.89. The van der Waals surface area contributed by atoms with Crippen molar-refractivity contribution in [3.63, 3.8) is 0 Å². The molecule has 5 atom stereocenters. The molecule has 3 aliphatic rings. The molecule has 2 fully saturated rings. The molecule has 0 saturated heterocycles. The Morgan fingerprint density at radius 3 is 2.74 bits per heavy atom. The number of phenolic OH excluding ortho intramolecular Hbond substituents is 1. The Balaban J connectivity index is 1.53. The van der Waals surface area contributed by atoms with Gasteiger partial charge in [0.2, 0.25) is 0 Å². The van der Waals surface area contributed by atoms with Crippen molar-refractivity contribution in [3.8, 4) is 17.6 Å². The summed E-state index contributed by atoms with van der Waals surface area (Å²) < 4.78 is 4.97. The van der Waals surface area contributed by atoms with E-state index in [0.29, 0.717) is 43.0 Å². The third kappa shape index (κ3) is 3.65. The highest BCUT2D eigenvalue weighted by Gasteiger charge is 2.61. The molecule has 168 valence electrons. The van der Waals surface area contributed by atoms with Gasteiger partial charge in [0.1, 0.15) is 11.4 Å². The molecule has 2 saturated carbocycles. The van der Waals surface area contributed by atoms with E-state index in [1.807, 2.05) is 13.0 Å². The van der Waals surface area contributed by atoms with Gasteiger partial charge in [0.25, 0.3) is 0 Å². The molecule has 31 heavy (non-hydrogen) atoms. The van der Waals surface area contributed by atoms with Gasteiger partial charge in [-0.05, 0) is 105 Å². The average molecular weight is 425 g/mol. The van der Waals surface area contributed by atoms with Crippen molar-refractivity contribution in [2.75, 3.05) is 6.61 Å². The van der Waals surface area contributed by atoms with Crippen molar-refractivity contribution in [1.29, 1.82) is 0 Å². The number of carbonyl (C=O) groups is 1. The molecule has 0 amide bonds. The molecule has 0 aliphatic heterocycles. The molecular weight excluding hydrogens is 388 g/mol. The molecule has 0 heterocycles. The lowest BCUT2D eigenvalue weighted by Crippen LogP contribution is -2.50. The lowest BCUT2D eigenvalue weighted by molar-refractivity contribution is -0.141. The van der Waals surface area contributed by atoms with E-state index >= 15 is 0 Å². The molecule has 1 aromatic carbocycles. The standard InChI is InChI=1S/C27H36O4/c1-17-18(2)25-20(16-24(17)29)8-9-21-22(25)10-13-26(4)23(21)11-14-27(26,30)12-6-5-7-15-31-19(3)28/h16,21-23,29-30H,5,7-11,13-15H2,1-4H3/t21-,22+,23+,26+,27+/m1/s1. The highest BCUT2D eigenvalue weighted by atomic mass is 16.5. The molecule has 2 N–H and O–H groups in total. The summed E-state index contributed by atoms with van der Waals surface area (Å²) in [6, 6.07) is 1.99. The summed E-state index contributed by atoms with van der Waals surface area (Å²) in [5.74, 6) is 8.20. The van der Waals surface area contributed by atoms with E-state index in [0.717, 1.165) is 44.1 Å². The summed E-state index contributed by atoms with van der Waals surface area (Å²) in [6.45, 7) is 8.25. The zero-order valence-corrected chi connectivity index (χ0v) is 19.4. The monoisotopic (exact) mass is 424 g/mol. The molecule has 4 rings (SSSR count). The minimum Gasteiger partial charge on any atom is -0.508 e. The normalized spacial score (nSPS) is 33.5. The van der Waals surface area contributed by atoms with Gasteiger partial charge < -0.3 is 14.9 Å². The first kappa shape index (κ1) is 22.2. The Hall–Kier alpha value is -1.99. The average Bonchev–Trinajstić information content (AvgIpc) is 2.99. The van der Waals surface area contributed by atoms with Crippen LogP contribution in [0.2, 0.25) is 0 Å². The Kier molecular flexibility index (Phi) is 5.85. The van der Waals surface area contributed by atoms with Gasteiger partial charge in [0.15, 0.2) is 0 Å². The number of hydrogen-bond acceptors (Lipinski definition) is 4. The Morgan fingerprint density at radius 1 is 1.23 bits per heavy atom. The quantitative estimate of drug-likeness (QED) is 0.410. The zero-order valence-electron chi connectivity index (χ0n) is 19.4. The van der Waals surface area contributed by atoms with Crippen LogP contribution in [0, 0.1) is 42.9 Å². The predicted molar refractivity (Wildman–Crippen MR) is 121 cm³/mol. The summed E-state index contributed by atoms with van der Waals surface area (Å²) in [4.78, 5) is 10.9. The molecule has 1 aromatic rings. The van der Waals surface area contributed by atoms with Crippen molar-refractivity contribution in [2.45, 2.75) is 90.6 Å². The molecule has 0 unspecified atom stereocenters.